The number of hydrogen-bond donors (Lipinski definition) is 3. The normalized spacial score (nSPS) is 11.1. The van der Waals surface area contributed by atoms with Crippen LogP contribution in [0.3, 0.4) is 0 Å². The van der Waals surface area contributed by atoms with Crippen molar-refractivity contribution in [3.8, 4) is 22.8 Å². The third-order valence-corrected chi connectivity index (χ3v) is 4.72. The summed E-state index contributed by atoms with van der Waals surface area (Å²) in [7, 11) is 0. The van der Waals surface area contributed by atoms with Crippen molar-refractivity contribution < 1.29 is 4.74 Å². The van der Waals surface area contributed by atoms with Crippen LogP contribution in [0.15, 0.2) is 39.9 Å². The second kappa shape index (κ2) is 7.14. The van der Waals surface area contributed by atoms with Crippen LogP contribution in [0.1, 0.15) is 12.6 Å². The van der Waals surface area contributed by atoms with E-state index in [0.29, 0.717) is 11.3 Å². The zero-order valence-corrected chi connectivity index (χ0v) is 16.0. The molecule has 0 atom stereocenters. The molecule has 0 fully saturated rings. The van der Waals surface area contributed by atoms with E-state index in [4.69, 9.17) is 27.9 Å². The number of benzene rings is 2. The van der Waals surface area contributed by atoms with Crippen LogP contribution in [0.2, 0.25) is 10.0 Å². The Morgan fingerprint density at radius 1 is 1.04 bits per heavy atom. The highest BCUT2D eigenvalue weighted by Crippen LogP contribution is 2.39. The highest BCUT2D eigenvalue weighted by atomic mass is 35.5. The molecule has 8 nitrogen and oxygen atoms in total. The molecule has 0 radical (unpaired) electrons. The smallest absolute Gasteiger partial charge is 0.342 e. The minimum atomic E-state index is -0.702. The van der Waals surface area contributed by atoms with Gasteiger partial charge in [0, 0.05) is 16.6 Å². The Labute approximate surface area is 167 Å². The summed E-state index contributed by atoms with van der Waals surface area (Å²) in [5.41, 5.74) is 0.811. The fourth-order valence-corrected chi connectivity index (χ4v) is 3.39. The fourth-order valence-electron chi connectivity index (χ4n) is 2.83. The Hall–Kier alpha value is -3.10. The number of rotatable bonds is 4. The van der Waals surface area contributed by atoms with Gasteiger partial charge in [0.15, 0.2) is 11.4 Å². The summed E-state index contributed by atoms with van der Waals surface area (Å²) in [6, 6.07) is 8.43. The average Bonchev–Trinajstić information content (AvgIpc) is 3.07. The van der Waals surface area contributed by atoms with Crippen molar-refractivity contribution >= 4 is 34.1 Å². The van der Waals surface area contributed by atoms with Crippen LogP contribution < -0.4 is 16.0 Å². The van der Waals surface area contributed by atoms with Gasteiger partial charge in [0.05, 0.1) is 15.6 Å². The molecule has 3 N–H and O–H groups in total. The van der Waals surface area contributed by atoms with E-state index in [1.807, 2.05) is 19.1 Å². The van der Waals surface area contributed by atoms with Gasteiger partial charge in [-0.15, -0.1) is 0 Å². The standard InChI is InChI=1S/C18H13Cl2N5O3/c1-2-13-10-7-9(3-4-14(10)23-22-13)28-16-11(19)5-8(6-12(16)20)15-17(26)21-18(27)25-24-15/h3-7H,2H2,1H3,(H,22,23)(H2,21,25,26,27). The van der Waals surface area contributed by atoms with Gasteiger partial charge in [-0.05, 0) is 36.8 Å². The zero-order valence-electron chi connectivity index (χ0n) is 14.5. The lowest BCUT2D eigenvalue weighted by molar-refractivity contribution is 0.484. The Kier molecular flexibility index (Phi) is 4.66. The van der Waals surface area contributed by atoms with E-state index in [-0.39, 0.29) is 21.5 Å². The second-order valence-electron chi connectivity index (χ2n) is 5.96. The number of ether oxygens (including phenoxy) is 1. The maximum absolute atomic E-state index is 11.9. The lowest BCUT2D eigenvalue weighted by atomic mass is 10.1. The molecule has 0 unspecified atom stereocenters. The molecule has 4 rings (SSSR count). The van der Waals surface area contributed by atoms with Crippen molar-refractivity contribution in [2.24, 2.45) is 0 Å². The molecular weight excluding hydrogens is 405 g/mol. The number of hydrogen-bond acceptors (Lipinski definition) is 5. The molecule has 0 spiro atoms. The summed E-state index contributed by atoms with van der Waals surface area (Å²) in [4.78, 5) is 25.2. The van der Waals surface area contributed by atoms with E-state index in [9.17, 15) is 9.59 Å². The van der Waals surface area contributed by atoms with Crippen LogP contribution in [-0.2, 0) is 6.42 Å². The highest BCUT2D eigenvalue weighted by Gasteiger charge is 2.15. The maximum Gasteiger partial charge on any atom is 0.342 e. The van der Waals surface area contributed by atoms with Crippen molar-refractivity contribution in [1.29, 1.82) is 0 Å². The summed E-state index contributed by atoms with van der Waals surface area (Å²) in [5.74, 6) is 0.786. The molecule has 10 heteroatoms. The quantitative estimate of drug-likeness (QED) is 0.468. The topological polar surface area (TPSA) is 117 Å². The highest BCUT2D eigenvalue weighted by molar-refractivity contribution is 6.37. The number of aromatic amines is 3. The van der Waals surface area contributed by atoms with Gasteiger partial charge in [-0.25, -0.2) is 9.89 Å². The SMILES string of the molecule is CCc1[nH]nc2ccc(Oc3c(Cl)cc(-c4n[nH]c(=O)[nH]c4=O)cc3Cl)cc12. The molecule has 2 aromatic heterocycles. The predicted octanol–water partition coefficient (Wildman–Crippen LogP) is 3.66. The number of fused-ring (bicyclic) bond motifs is 1. The largest absolute Gasteiger partial charge is 0.454 e. The molecule has 2 aromatic carbocycles. The Morgan fingerprint density at radius 2 is 1.79 bits per heavy atom. The van der Waals surface area contributed by atoms with Crippen molar-refractivity contribution in [1.82, 2.24) is 25.4 Å². The lowest BCUT2D eigenvalue weighted by Gasteiger charge is -2.11. The van der Waals surface area contributed by atoms with Crippen LogP contribution in [0, 0.1) is 0 Å². The lowest BCUT2D eigenvalue weighted by Crippen LogP contribution is -2.25. The first-order valence-electron chi connectivity index (χ1n) is 8.29. The van der Waals surface area contributed by atoms with Gasteiger partial charge in [0.2, 0.25) is 0 Å². The van der Waals surface area contributed by atoms with Gasteiger partial charge in [0.25, 0.3) is 5.56 Å². The van der Waals surface area contributed by atoms with Crippen molar-refractivity contribution in [2.75, 3.05) is 0 Å². The Balaban J connectivity index is 1.73. The Morgan fingerprint density at radius 3 is 2.46 bits per heavy atom. The van der Waals surface area contributed by atoms with E-state index < -0.39 is 11.2 Å². The van der Waals surface area contributed by atoms with E-state index in [2.05, 4.69) is 25.4 Å². The molecule has 4 aromatic rings. The van der Waals surface area contributed by atoms with Crippen molar-refractivity contribution in [3.63, 3.8) is 0 Å². The van der Waals surface area contributed by atoms with Gasteiger partial charge in [-0.1, -0.05) is 30.1 Å². The third kappa shape index (κ3) is 3.28. The monoisotopic (exact) mass is 417 g/mol. The molecular formula is C18H13Cl2N5O3. The molecule has 0 saturated carbocycles. The number of nitrogens with one attached hydrogen (secondary N) is 3. The van der Waals surface area contributed by atoms with Crippen LogP contribution in [0.4, 0.5) is 0 Å². The summed E-state index contributed by atoms with van der Waals surface area (Å²) in [5, 5.41) is 14.5. The van der Waals surface area contributed by atoms with Crippen LogP contribution in [0.5, 0.6) is 11.5 Å². The molecule has 0 aliphatic carbocycles. The zero-order chi connectivity index (χ0) is 19.8. The van der Waals surface area contributed by atoms with Gasteiger partial charge in [0.1, 0.15) is 5.75 Å². The van der Waals surface area contributed by atoms with E-state index in [1.54, 1.807) is 6.07 Å². The molecule has 28 heavy (non-hydrogen) atoms. The number of nitrogens with zero attached hydrogens (tertiary/aromatic N) is 2. The van der Waals surface area contributed by atoms with Crippen molar-refractivity contribution in [3.05, 3.63) is 66.9 Å². The van der Waals surface area contributed by atoms with E-state index in [1.165, 1.54) is 12.1 Å². The molecule has 142 valence electrons. The number of aryl methyl sites for hydroxylation is 1. The minimum Gasteiger partial charge on any atom is -0.454 e. The van der Waals surface area contributed by atoms with Gasteiger partial charge >= 0.3 is 5.69 Å². The van der Waals surface area contributed by atoms with Gasteiger partial charge in [-0.3, -0.25) is 14.9 Å². The first-order valence-corrected chi connectivity index (χ1v) is 9.05. The van der Waals surface area contributed by atoms with Crippen LogP contribution in [0.25, 0.3) is 22.2 Å². The van der Waals surface area contributed by atoms with Crippen molar-refractivity contribution in [2.45, 2.75) is 13.3 Å². The molecule has 0 aliphatic rings. The maximum atomic E-state index is 11.9. The van der Waals surface area contributed by atoms with E-state index >= 15 is 0 Å². The summed E-state index contributed by atoms with van der Waals surface area (Å²) < 4.78 is 5.89. The van der Waals surface area contributed by atoms with Gasteiger partial charge in [-0.2, -0.15) is 10.2 Å². The molecule has 2 heterocycles. The molecule has 0 aliphatic heterocycles. The fraction of sp³-hybridized carbons (Fsp3) is 0.111. The van der Waals surface area contributed by atoms with E-state index in [0.717, 1.165) is 23.0 Å². The third-order valence-electron chi connectivity index (χ3n) is 4.16. The first kappa shape index (κ1) is 18.3. The minimum absolute atomic E-state index is 0.0117. The summed E-state index contributed by atoms with van der Waals surface area (Å²) >= 11 is 12.7. The predicted molar refractivity (Wildman–Crippen MR) is 106 cm³/mol. The molecule has 0 bridgehead atoms. The average molecular weight is 418 g/mol. The van der Waals surface area contributed by atoms with Gasteiger partial charge < -0.3 is 4.74 Å². The second-order valence-corrected chi connectivity index (χ2v) is 6.78. The summed E-state index contributed by atoms with van der Waals surface area (Å²) in [6.07, 6.45) is 0.802. The van der Waals surface area contributed by atoms with Crippen LogP contribution in [-0.4, -0.2) is 25.4 Å². The molecule has 0 saturated heterocycles. The molecule has 0 amide bonds. The van der Waals surface area contributed by atoms with Crippen LogP contribution >= 0.6 is 23.2 Å². The number of halogens is 2. The Bertz CT molecular complexity index is 1290. The first-order chi connectivity index (χ1) is 13.5. The summed E-state index contributed by atoms with van der Waals surface area (Å²) in [6.45, 7) is 2.03. The number of H-pyrrole nitrogens is 3. The number of aromatic nitrogens is 5.